The average Bonchev–Trinajstić information content (AvgIpc) is 2.91. The zero-order chi connectivity index (χ0) is 15.6. The van der Waals surface area contributed by atoms with Gasteiger partial charge in [0.15, 0.2) is 11.5 Å². The average molecular weight is 314 g/mol. The molecule has 1 aromatic rings. The Hall–Kier alpha value is -1.96. The Morgan fingerprint density at radius 1 is 1.24 bits per heavy atom. The number of carbonyl (C=O) groups is 1. The van der Waals surface area contributed by atoms with Gasteiger partial charge in [-0.05, 0) is 19.1 Å². The van der Waals surface area contributed by atoms with Crippen LogP contribution < -0.4 is 13.8 Å². The molecule has 0 N–H and O–H groups in total. The molecule has 0 aromatic heterocycles. The molecule has 0 unspecified atom stereocenters. The molecular formula is C13H18N2O5S. The fraction of sp³-hybridized carbons (Fsp3) is 0.462. The lowest BCUT2D eigenvalue weighted by Crippen LogP contribution is -2.41. The van der Waals surface area contributed by atoms with E-state index in [0.29, 0.717) is 17.2 Å². The number of sulfonamides is 1. The van der Waals surface area contributed by atoms with Crippen molar-refractivity contribution in [2.45, 2.75) is 6.92 Å². The quantitative estimate of drug-likeness (QED) is 0.798. The molecule has 1 aliphatic heterocycles. The van der Waals surface area contributed by atoms with E-state index < -0.39 is 10.0 Å². The van der Waals surface area contributed by atoms with Crippen molar-refractivity contribution in [2.75, 3.05) is 37.5 Å². The van der Waals surface area contributed by atoms with E-state index in [-0.39, 0.29) is 25.0 Å². The molecule has 0 fully saturated rings. The van der Waals surface area contributed by atoms with Gasteiger partial charge < -0.3 is 14.4 Å². The van der Waals surface area contributed by atoms with E-state index in [1.807, 2.05) is 0 Å². The number of rotatable bonds is 5. The van der Waals surface area contributed by atoms with Gasteiger partial charge in [0, 0.05) is 20.2 Å². The predicted octanol–water partition coefficient (Wildman–Crippen LogP) is 0.660. The molecule has 1 aromatic carbocycles. The number of likely N-dealkylation sites (N-methyl/N-ethyl adjacent to an activating group) is 1. The lowest BCUT2D eigenvalue weighted by Gasteiger charge is -2.24. The number of ether oxygens (including phenoxy) is 2. The van der Waals surface area contributed by atoms with Crippen LogP contribution in [0.1, 0.15) is 6.92 Å². The van der Waals surface area contributed by atoms with Gasteiger partial charge in [0.1, 0.15) is 6.54 Å². The van der Waals surface area contributed by atoms with Crippen molar-refractivity contribution in [1.82, 2.24) is 4.90 Å². The molecule has 7 nitrogen and oxygen atoms in total. The van der Waals surface area contributed by atoms with Crippen LogP contribution >= 0.6 is 0 Å². The second kappa shape index (κ2) is 5.80. The van der Waals surface area contributed by atoms with Gasteiger partial charge in [0.2, 0.25) is 22.7 Å². The molecule has 0 spiro atoms. The van der Waals surface area contributed by atoms with E-state index in [2.05, 4.69) is 0 Å². The Balaban J connectivity index is 2.38. The molecule has 1 aliphatic rings. The Morgan fingerprint density at radius 3 is 2.52 bits per heavy atom. The van der Waals surface area contributed by atoms with E-state index in [1.54, 1.807) is 32.3 Å². The summed E-state index contributed by atoms with van der Waals surface area (Å²) in [6, 6.07) is 4.80. The van der Waals surface area contributed by atoms with Crippen LogP contribution in [0.2, 0.25) is 0 Å². The summed E-state index contributed by atoms with van der Waals surface area (Å²) in [5, 5.41) is 0. The van der Waals surface area contributed by atoms with Crippen molar-refractivity contribution >= 4 is 21.6 Å². The van der Waals surface area contributed by atoms with Crippen LogP contribution in [0.15, 0.2) is 18.2 Å². The smallest absolute Gasteiger partial charge is 0.242 e. The van der Waals surface area contributed by atoms with Gasteiger partial charge in [0.25, 0.3) is 0 Å². The predicted molar refractivity (Wildman–Crippen MR) is 78.1 cm³/mol. The highest BCUT2D eigenvalue weighted by Gasteiger charge is 2.26. The van der Waals surface area contributed by atoms with Crippen molar-refractivity contribution in [3.05, 3.63) is 18.2 Å². The SMILES string of the molecule is CCS(=O)(=O)N(CC(=O)N(C)C)c1ccc2c(c1)OCO2. The van der Waals surface area contributed by atoms with Crippen LogP contribution in [0.4, 0.5) is 5.69 Å². The standard InChI is InChI=1S/C13H18N2O5S/c1-4-21(17,18)15(8-13(16)14(2)3)10-5-6-11-12(7-10)20-9-19-11/h5-7H,4,8-9H2,1-3H3. The van der Waals surface area contributed by atoms with Crippen molar-refractivity contribution in [2.24, 2.45) is 0 Å². The maximum atomic E-state index is 12.2. The van der Waals surface area contributed by atoms with Gasteiger partial charge in [-0.2, -0.15) is 0 Å². The second-order valence-electron chi connectivity index (χ2n) is 4.73. The first-order valence-electron chi connectivity index (χ1n) is 6.45. The highest BCUT2D eigenvalue weighted by molar-refractivity contribution is 7.92. The Morgan fingerprint density at radius 2 is 1.90 bits per heavy atom. The van der Waals surface area contributed by atoms with Crippen LogP contribution in [0.3, 0.4) is 0 Å². The maximum absolute atomic E-state index is 12.2. The number of nitrogens with zero attached hydrogens (tertiary/aromatic N) is 2. The normalized spacial score (nSPS) is 13.1. The molecule has 116 valence electrons. The first-order chi connectivity index (χ1) is 9.85. The van der Waals surface area contributed by atoms with Gasteiger partial charge in [0.05, 0.1) is 11.4 Å². The number of amides is 1. The lowest BCUT2D eigenvalue weighted by atomic mass is 10.3. The van der Waals surface area contributed by atoms with Gasteiger partial charge in [-0.25, -0.2) is 8.42 Å². The van der Waals surface area contributed by atoms with E-state index >= 15 is 0 Å². The molecule has 8 heteroatoms. The van der Waals surface area contributed by atoms with E-state index in [1.165, 1.54) is 11.8 Å². The van der Waals surface area contributed by atoms with Crippen LogP contribution in [0.25, 0.3) is 0 Å². The highest BCUT2D eigenvalue weighted by atomic mass is 32.2. The molecule has 0 saturated heterocycles. The van der Waals surface area contributed by atoms with Crippen LogP contribution in [0, 0.1) is 0 Å². The molecule has 0 radical (unpaired) electrons. The highest BCUT2D eigenvalue weighted by Crippen LogP contribution is 2.36. The zero-order valence-corrected chi connectivity index (χ0v) is 13.0. The molecule has 1 heterocycles. The molecule has 0 bridgehead atoms. The minimum Gasteiger partial charge on any atom is -0.454 e. The van der Waals surface area contributed by atoms with Crippen molar-refractivity contribution in [3.63, 3.8) is 0 Å². The van der Waals surface area contributed by atoms with Crippen LogP contribution in [-0.2, 0) is 14.8 Å². The number of anilines is 1. The molecule has 2 rings (SSSR count). The first-order valence-corrected chi connectivity index (χ1v) is 8.06. The van der Waals surface area contributed by atoms with Gasteiger partial charge in [-0.15, -0.1) is 0 Å². The number of hydrogen-bond donors (Lipinski definition) is 0. The molecule has 0 saturated carbocycles. The van der Waals surface area contributed by atoms with Crippen molar-refractivity contribution in [1.29, 1.82) is 0 Å². The van der Waals surface area contributed by atoms with Crippen LogP contribution in [0.5, 0.6) is 11.5 Å². The molecule has 0 aliphatic carbocycles. The summed E-state index contributed by atoms with van der Waals surface area (Å²) in [5.41, 5.74) is 0.385. The topological polar surface area (TPSA) is 76.2 Å². The monoisotopic (exact) mass is 314 g/mol. The maximum Gasteiger partial charge on any atom is 0.242 e. The minimum absolute atomic E-state index is 0.0951. The summed E-state index contributed by atoms with van der Waals surface area (Å²) < 4.78 is 36.0. The third-order valence-electron chi connectivity index (χ3n) is 3.12. The zero-order valence-electron chi connectivity index (χ0n) is 12.2. The number of hydrogen-bond acceptors (Lipinski definition) is 5. The Labute approximate surface area is 124 Å². The van der Waals surface area contributed by atoms with E-state index in [9.17, 15) is 13.2 Å². The molecule has 0 atom stereocenters. The number of carbonyl (C=O) groups excluding carboxylic acids is 1. The molecular weight excluding hydrogens is 296 g/mol. The summed E-state index contributed by atoms with van der Waals surface area (Å²) in [7, 11) is -0.406. The van der Waals surface area contributed by atoms with Gasteiger partial charge in [-0.1, -0.05) is 0 Å². The fourth-order valence-corrected chi connectivity index (χ4v) is 2.86. The number of benzene rings is 1. The van der Waals surface area contributed by atoms with Crippen molar-refractivity contribution < 1.29 is 22.7 Å². The van der Waals surface area contributed by atoms with Crippen molar-refractivity contribution in [3.8, 4) is 11.5 Å². The Kier molecular flexibility index (Phi) is 4.26. The van der Waals surface area contributed by atoms with Crippen LogP contribution in [-0.4, -0.2) is 52.4 Å². The first kappa shape index (κ1) is 15.4. The summed E-state index contributed by atoms with van der Waals surface area (Å²) in [6.45, 7) is 1.40. The Bertz CT molecular complexity index is 642. The summed E-state index contributed by atoms with van der Waals surface area (Å²) in [5.74, 6) is 0.639. The largest absolute Gasteiger partial charge is 0.454 e. The lowest BCUT2D eigenvalue weighted by molar-refractivity contribution is -0.127. The summed E-state index contributed by atoms with van der Waals surface area (Å²) in [6.07, 6.45) is 0. The fourth-order valence-electron chi connectivity index (χ4n) is 1.81. The second-order valence-corrected chi connectivity index (χ2v) is 6.91. The van der Waals surface area contributed by atoms with Gasteiger partial charge in [-0.3, -0.25) is 9.10 Å². The molecule has 1 amide bonds. The van der Waals surface area contributed by atoms with E-state index in [4.69, 9.17) is 9.47 Å². The summed E-state index contributed by atoms with van der Waals surface area (Å²) in [4.78, 5) is 13.2. The third-order valence-corrected chi connectivity index (χ3v) is 4.86. The third kappa shape index (κ3) is 3.21. The van der Waals surface area contributed by atoms with E-state index in [0.717, 1.165) is 4.31 Å². The number of fused-ring (bicyclic) bond motifs is 1. The minimum atomic E-state index is -3.57. The van der Waals surface area contributed by atoms with Gasteiger partial charge >= 0.3 is 0 Å². The summed E-state index contributed by atoms with van der Waals surface area (Å²) >= 11 is 0. The molecule has 21 heavy (non-hydrogen) atoms.